The van der Waals surface area contributed by atoms with Crippen LogP contribution in [-0.2, 0) is 16.0 Å². The van der Waals surface area contributed by atoms with Gasteiger partial charge < -0.3 is 14.8 Å². The van der Waals surface area contributed by atoms with Crippen LogP contribution in [0.4, 0.5) is 0 Å². The van der Waals surface area contributed by atoms with E-state index in [-0.39, 0.29) is 12.3 Å². The van der Waals surface area contributed by atoms with Crippen LogP contribution in [0.25, 0.3) is 0 Å². The van der Waals surface area contributed by atoms with E-state index < -0.39 is 12.0 Å². The highest BCUT2D eigenvalue weighted by atomic mass is 16.5. The highest BCUT2D eigenvalue weighted by Gasteiger charge is 2.23. The van der Waals surface area contributed by atoms with E-state index in [1.165, 1.54) is 19.5 Å². The van der Waals surface area contributed by atoms with Gasteiger partial charge in [0.05, 0.1) is 14.2 Å². The molecule has 2 aromatic rings. The number of rotatable bonds is 6. The smallest absolute Gasteiger partial charge is 0.328 e. The van der Waals surface area contributed by atoms with Crippen molar-refractivity contribution in [1.29, 1.82) is 0 Å². The molecule has 23 heavy (non-hydrogen) atoms. The molecular weight excluding hydrogens is 296 g/mol. The van der Waals surface area contributed by atoms with Gasteiger partial charge in [-0.25, -0.2) is 4.79 Å². The van der Waals surface area contributed by atoms with Crippen LogP contribution < -0.4 is 10.1 Å². The number of esters is 1. The van der Waals surface area contributed by atoms with Crippen molar-refractivity contribution in [3.05, 3.63) is 59.9 Å². The molecule has 0 spiro atoms. The third kappa shape index (κ3) is 4.29. The molecule has 0 bridgehead atoms. The van der Waals surface area contributed by atoms with Crippen molar-refractivity contribution in [3.63, 3.8) is 0 Å². The maximum Gasteiger partial charge on any atom is 0.328 e. The van der Waals surface area contributed by atoms with Crippen LogP contribution in [0.15, 0.2) is 48.8 Å². The van der Waals surface area contributed by atoms with Gasteiger partial charge in [-0.05, 0) is 23.8 Å². The number of benzene rings is 1. The lowest BCUT2D eigenvalue weighted by Crippen LogP contribution is -2.43. The SMILES string of the molecule is COC(=O)[C@H](Cc1ccccc1OC)NC(=O)c1ccncc1. The number of nitrogens with zero attached hydrogens (tertiary/aromatic N) is 1. The van der Waals surface area contributed by atoms with E-state index in [2.05, 4.69) is 10.3 Å². The van der Waals surface area contributed by atoms with E-state index in [9.17, 15) is 9.59 Å². The lowest BCUT2D eigenvalue weighted by Gasteiger charge is -2.18. The number of aromatic nitrogens is 1. The summed E-state index contributed by atoms with van der Waals surface area (Å²) in [6, 6.07) is 9.67. The zero-order chi connectivity index (χ0) is 16.7. The van der Waals surface area contributed by atoms with Crippen LogP contribution >= 0.6 is 0 Å². The molecule has 0 saturated heterocycles. The second-order valence-electron chi connectivity index (χ2n) is 4.80. The number of hydrogen-bond donors (Lipinski definition) is 1. The molecule has 6 heteroatoms. The Morgan fingerprint density at radius 3 is 2.48 bits per heavy atom. The van der Waals surface area contributed by atoms with E-state index in [0.717, 1.165) is 5.56 Å². The number of carbonyl (C=O) groups excluding carboxylic acids is 2. The second-order valence-corrected chi connectivity index (χ2v) is 4.80. The molecule has 0 saturated carbocycles. The maximum absolute atomic E-state index is 12.2. The van der Waals surface area contributed by atoms with Crippen LogP contribution in [0.5, 0.6) is 5.75 Å². The normalized spacial score (nSPS) is 11.4. The minimum absolute atomic E-state index is 0.271. The van der Waals surface area contributed by atoms with Crippen molar-refractivity contribution in [2.45, 2.75) is 12.5 Å². The predicted octanol–water partition coefficient (Wildman–Crippen LogP) is 1.60. The summed E-state index contributed by atoms with van der Waals surface area (Å²) in [6.07, 6.45) is 3.30. The van der Waals surface area contributed by atoms with Crippen molar-refractivity contribution in [3.8, 4) is 5.75 Å². The minimum Gasteiger partial charge on any atom is -0.496 e. The van der Waals surface area contributed by atoms with E-state index >= 15 is 0 Å². The molecule has 1 aromatic heterocycles. The standard InChI is InChI=1S/C17H18N2O4/c1-22-15-6-4-3-5-13(15)11-14(17(21)23-2)19-16(20)12-7-9-18-10-8-12/h3-10,14H,11H2,1-2H3,(H,19,20)/t14-/m0/s1. The zero-order valence-electron chi connectivity index (χ0n) is 13.0. The average molecular weight is 314 g/mol. The van der Waals surface area contributed by atoms with Gasteiger partial charge in [-0.15, -0.1) is 0 Å². The highest BCUT2D eigenvalue weighted by Crippen LogP contribution is 2.19. The zero-order valence-corrected chi connectivity index (χ0v) is 13.0. The summed E-state index contributed by atoms with van der Waals surface area (Å²) in [5, 5.41) is 2.69. The molecule has 0 fully saturated rings. The molecule has 1 amide bonds. The summed E-state index contributed by atoms with van der Waals surface area (Å²) in [5.74, 6) is -0.226. The average Bonchev–Trinajstić information content (AvgIpc) is 2.61. The molecule has 1 heterocycles. The van der Waals surface area contributed by atoms with Crippen LogP contribution in [0.3, 0.4) is 0 Å². The molecule has 0 unspecified atom stereocenters. The Morgan fingerprint density at radius 2 is 1.83 bits per heavy atom. The highest BCUT2D eigenvalue weighted by molar-refractivity contribution is 5.96. The number of hydrogen-bond acceptors (Lipinski definition) is 5. The maximum atomic E-state index is 12.2. The van der Waals surface area contributed by atoms with Crippen molar-refractivity contribution in [2.75, 3.05) is 14.2 Å². The Bertz CT molecular complexity index is 673. The van der Waals surface area contributed by atoms with Crippen molar-refractivity contribution in [1.82, 2.24) is 10.3 Å². The molecule has 0 aliphatic heterocycles. The summed E-state index contributed by atoms with van der Waals surface area (Å²) in [4.78, 5) is 28.1. The number of amides is 1. The van der Waals surface area contributed by atoms with Gasteiger partial charge in [-0.2, -0.15) is 0 Å². The Labute approximate surface area is 134 Å². The minimum atomic E-state index is -0.808. The Balaban J connectivity index is 2.17. The number of ether oxygens (including phenoxy) is 2. The fraction of sp³-hybridized carbons (Fsp3) is 0.235. The predicted molar refractivity (Wildman–Crippen MR) is 84.2 cm³/mol. The molecule has 6 nitrogen and oxygen atoms in total. The van der Waals surface area contributed by atoms with Gasteiger partial charge in [-0.1, -0.05) is 18.2 Å². The van der Waals surface area contributed by atoms with Crippen LogP contribution in [0, 0.1) is 0 Å². The van der Waals surface area contributed by atoms with E-state index in [1.54, 1.807) is 25.3 Å². The van der Waals surface area contributed by atoms with Crippen LogP contribution in [0.1, 0.15) is 15.9 Å². The van der Waals surface area contributed by atoms with Gasteiger partial charge >= 0.3 is 5.97 Å². The molecule has 120 valence electrons. The largest absolute Gasteiger partial charge is 0.496 e. The molecule has 2 rings (SSSR count). The summed E-state index contributed by atoms with van der Waals surface area (Å²) in [5.41, 5.74) is 1.23. The summed E-state index contributed by atoms with van der Waals surface area (Å²) < 4.78 is 10.1. The Morgan fingerprint density at radius 1 is 1.13 bits per heavy atom. The molecule has 0 aliphatic carbocycles. The van der Waals surface area contributed by atoms with Crippen LogP contribution in [-0.4, -0.2) is 37.1 Å². The van der Waals surface area contributed by atoms with E-state index in [4.69, 9.17) is 9.47 Å². The van der Waals surface area contributed by atoms with Gasteiger partial charge in [0.15, 0.2) is 0 Å². The van der Waals surface area contributed by atoms with E-state index in [0.29, 0.717) is 11.3 Å². The number of pyridine rings is 1. The molecule has 1 aromatic carbocycles. The van der Waals surface area contributed by atoms with Gasteiger partial charge in [0, 0.05) is 24.4 Å². The second kappa shape index (κ2) is 7.93. The third-order valence-corrected chi connectivity index (χ3v) is 3.35. The molecule has 0 radical (unpaired) electrons. The van der Waals surface area contributed by atoms with Gasteiger partial charge in [-0.3, -0.25) is 9.78 Å². The topological polar surface area (TPSA) is 77.5 Å². The summed E-state index contributed by atoms with van der Waals surface area (Å²) in [7, 11) is 2.84. The number of para-hydroxylation sites is 1. The number of methoxy groups -OCH3 is 2. The first-order valence-electron chi connectivity index (χ1n) is 7.06. The van der Waals surface area contributed by atoms with Crippen molar-refractivity contribution < 1.29 is 19.1 Å². The number of carbonyl (C=O) groups is 2. The Kier molecular flexibility index (Phi) is 5.68. The van der Waals surface area contributed by atoms with Crippen molar-refractivity contribution in [2.24, 2.45) is 0 Å². The Hall–Kier alpha value is -2.89. The monoisotopic (exact) mass is 314 g/mol. The summed E-state index contributed by atoms with van der Waals surface area (Å²) in [6.45, 7) is 0. The van der Waals surface area contributed by atoms with Gasteiger partial charge in [0.25, 0.3) is 5.91 Å². The molecular formula is C17H18N2O4. The van der Waals surface area contributed by atoms with E-state index in [1.807, 2.05) is 18.2 Å². The molecule has 1 N–H and O–H groups in total. The first-order chi connectivity index (χ1) is 11.2. The summed E-state index contributed by atoms with van der Waals surface area (Å²) >= 11 is 0. The fourth-order valence-electron chi connectivity index (χ4n) is 2.17. The lowest BCUT2D eigenvalue weighted by atomic mass is 10.0. The lowest BCUT2D eigenvalue weighted by molar-refractivity contribution is -0.142. The quantitative estimate of drug-likeness (QED) is 0.820. The van der Waals surface area contributed by atoms with Crippen LogP contribution in [0.2, 0.25) is 0 Å². The van der Waals surface area contributed by atoms with Gasteiger partial charge in [0.1, 0.15) is 11.8 Å². The molecule has 1 atom stereocenters. The van der Waals surface area contributed by atoms with Gasteiger partial charge in [0.2, 0.25) is 0 Å². The molecule has 0 aliphatic rings. The van der Waals surface area contributed by atoms with Crippen molar-refractivity contribution >= 4 is 11.9 Å². The third-order valence-electron chi connectivity index (χ3n) is 3.35. The number of nitrogens with one attached hydrogen (secondary N) is 1. The first kappa shape index (κ1) is 16.5. The fourth-order valence-corrected chi connectivity index (χ4v) is 2.17. The first-order valence-corrected chi connectivity index (χ1v) is 7.06.